The molecule has 0 saturated heterocycles. The summed E-state index contributed by atoms with van der Waals surface area (Å²) >= 11 is 12.6. The van der Waals surface area contributed by atoms with E-state index in [2.05, 4.69) is 5.32 Å². The number of anilines is 1. The highest BCUT2D eigenvalue weighted by atomic mass is 35.5. The molecule has 0 aromatic heterocycles. The summed E-state index contributed by atoms with van der Waals surface area (Å²) in [6.45, 7) is 5.27. The number of halogens is 2. The van der Waals surface area contributed by atoms with E-state index < -0.39 is 28.5 Å². The molecule has 0 aliphatic carbocycles. The fraction of sp³-hybridized carbons (Fsp3) is 0.310. The monoisotopic (exact) mass is 605 g/mol. The van der Waals surface area contributed by atoms with Crippen molar-refractivity contribution >= 4 is 50.7 Å². The molecule has 0 bridgehead atoms. The highest BCUT2D eigenvalue weighted by Crippen LogP contribution is 2.33. The molecule has 8 nitrogen and oxygen atoms in total. The van der Waals surface area contributed by atoms with E-state index in [0.717, 1.165) is 21.9 Å². The van der Waals surface area contributed by atoms with Crippen LogP contribution in [0.4, 0.5) is 5.69 Å². The van der Waals surface area contributed by atoms with Gasteiger partial charge in [-0.15, -0.1) is 0 Å². The van der Waals surface area contributed by atoms with Crippen LogP contribution in [0.3, 0.4) is 0 Å². The Morgan fingerprint density at radius 3 is 2.25 bits per heavy atom. The number of amides is 2. The lowest BCUT2D eigenvalue weighted by Crippen LogP contribution is -2.51. The third kappa shape index (κ3) is 7.68. The molecule has 2 amide bonds. The number of nitrogens with one attached hydrogen (secondary N) is 1. The van der Waals surface area contributed by atoms with Crippen molar-refractivity contribution in [1.29, 1.82) is 0 Å². The van der Waals surface area contributed by atoms with E-state index in [9.17, 15) is 18.0 Å². The number of benzene rings is 3. The van der Waals surface area contributed by atoms with Crippen molar-refractivity contribution in [3.8, 4) is 5.75 Å². The summed E-state index contributed by atoms with van der Waals surface area (Å²) in [7, 11) is -2.70. The highest BCUT2D eigenvalue weighted by Gasteiger charge is 2.33. The van der Waals surface area contributed by atoms with E-state index in [4.69, 9.17) is 27.9 Å². The molecule has 40 heavy (non-hydrogen) atoms. The van der Waals surface area contributed by atoms with E-state index in [0.29, 0.717) is 12.3 Å². The van der Waals surface area contributed by atoms with Gasteiger partial charge in [-0.1, -0.05) is 60.0 Å². The van der Waals surface area contributed by atoms with Crippen LogP contribution in [0.5, 0.6) is 5.75 Å². The van der Waals surface area contributed by atoms with Crippen LogP contribution in [-0.2, 0) is 26.2 Å². The first-order valence-electron chi connectivity index (χ1n) is 12.7. The van der Waals surface area contributed by atoms with Crippen molar-refractivity contribution in [3.05, 3.63) is 87.9 Å². The average Bonchev–Trinajstić information content (AvgIpc) is 2.94. The minimum atomic E-state index is -4.26. The van der Waals surface area contributed by atoms with Gasteiger partial charge in [-0.25, -0.2) is 8.42 Å². The molecule has 0 aliphatic rings. The van der Waals surface area contributed by atoms with Crippen molar-refractivity contribution in [2.75, 3.05) is 24.5 Å². The smallest absolute Gasteiger partial charge is 0.264 e. The van der Waals surface area contributed by atoms with E-state index in [1.807, 2.05) is 13.8 Å². The van der Waals surface area contributed by atoms with E-state index in [1.54, 1.807) is 50.4 Å². The molecule has 1 atom stereocenters. The molecule has 11 heteroatoms. The summed E-state index contributed by atoms with van der Waals surface area (Å²) in [5, 5.41) is 3.16. The second-order valence-electron chi connectivity index (χ2n) is 9.26. The van der Waals surface area contributed by atoms with Crippen LogP contribution >= 0.6 is 23.2 Å². The van der Waals surface area contributed by atoms with Gasteiger partial charge in [0.2, 0.25) is 11.8 Å². The molecule has 3 aromatic rings. The molecule has 0 heterocycles. The van der Waals surface area contributed by atoms with Crippen molar-refractivity contribution in [2.24, 2.45) is 0 Å². The highest BCUT2D eigenvalue weighted by molar-refractivity contribution is 7.92. The summed E-state index contributed by atoms with van der Waals surface area (Å²) in [6.07, 6.45) is 0.723. The number of carbonyl (C=O) groups excluding carboxylic acids is 2. The summed E-state index contributed by atoms with van der Waals surface area (Å²) in [6, 6.07) is 16.8. The van der Waals surface area contributed by atoms with Crippen LogP contribution < -0.4 is 14.4 Å². The molecule has 3 rings (SSSR count). The van der Waals surface area contributed by atoms with Gasteiger partial charge < -0.3 is 15.0 Å². The van der Waals surface area contributed by atoms with Crippen LogP contribution in [0.25, 0.3) is 0 Å². The quantitative estimate of drug-likeness (QED) is 0.296. The first kappa shape index (κ1) is 31.3. The van der Waals surface area contributed by atoms with Crippen LogP contribution in [0.15, 0.2) is 71.6 Å². The van der Waals surface area contributed by atoms with Crippen molar-refractivity contribution in [2.45, 2.75) is 44.7 Å². The molecule has 3 aromatic carbocycles. The molecular formula is C29H33Cl2N3O5S. The van der Waals surface area contributed by atoms with Gasteiger partial charge in [0.15, 0.2) is 0 Å². The SMILES string of the molecule is CCCNC(=O)[C@@H](C)N(Cc1ccc(OC)cc1)C(=O)CN(c1cc(Cl)ccc1Cl)S(=O)(=O)c1ccc(C)cc1. The third-order valence-corrected chi connectivity index (χ3v) is 8.62. The van der Waals surface area contributed by atoms with Gasteiger partial charge >= 0.3 is 0 Å². The number of hydrogen-bond donors (Lipinski definition) is 1. The number of sulfonamides is 1. The zero-order valence-electron chi connectivity index (χ0n) is 22.9. The average molecular weight is 607 g/mol. The minimum Gasteiger partial charge on any atom is -0.497 e. The van der Waals surface area contributed by atoms with Gasteiger partial charge in [0.25, 0.3) is 10.0 Å². The topological polar surface area (TPSA) is 96.0 Å². The maximum atomic E-state index is 13.9. The molecule has 0 fully saturated rings. The Morgan fingerprint density at radius 2 is 1.65 bits per heavy atom. The molecule has 0 saturated carbocycles. The third-order valence-electron chi connectivity index (χ3n) is 6.29. The summed E-state index contributed by atoms with van der Waals surface area (Å²) in [5.41, 5.74) is 1.66. The first-order valence-corrected chi connectivity index (χ1v) is 14.9. The van der Waals surface area contributed by atoms with Crippen molar-refractivity contribution in [1.82, 2.24) is 10.2 Å². The zero-order chi connectivity index (χ0) is 29.4. The van der Waals surface area contributed by atoms with Crippen LogP contribution in [0.2, 0.25) is 10.0 Å². The Hall–Kier alpha value is -3.27. The second kappa shape index (κ2) is 13.9. The Labute approximate surface area is 245 Å². The molecule has 0 spiro atoms. The summed E-state index contributed by atoms with van der Waals surface area (Å²) < 4.78 is 34.0. The lowest BCUT2D eigenvalue weighted by atomic mass is 10.1. The molecule has 1 N–H and O–H groups in total. The molecule has 214 valence electrons. The van der Waals surface area contributed by atoms with E-state index in [1.165, 1.54) is 35.2 Å². The number of aryl methyl sites for hydroxylation is 1. The van der Waals surface area contributed by atoms with Gasteiger partial charge in [-0.2, -0.15) is 0 Å². The largest absolute Gasteiger partial charge is 0.497 e. The Balaban J connectivity index is 2.05. The number of nitrogens with zero attached hydrogens (tertiary/aromatic N) is 2. The van der Waals surface area contributed by atoms with Gasteiger partial charge in [-0.05, 0) is 68.3 Å². The first-order chi connectivity index (χ1) is 19.0. The normalized spacial score (nSPS) is 11.9. The standard InChI is InChI=1S/C29H33Cl2N3O5S/c1-5-16-32-29(36)21(3)33(18-22-8-11-24(39-4)12-9-22)28(35)19-34(27-17-23(30)10-15-26(27)31)40(37,38)25-13-6-20(2)7-14-25/h6-15,17,21H,5,16,18-19H2,1-4H3,(H,32,36)/t21-/m1/s1. The number of hydrogen-bond acceptors (Lipinski definition) is 5. The zero-order valence-corrected chi connectivity index (χ0v) is 25.2. The predicted octanol–water partition coefficient (Wildman–Crippen LogP) is 5.45. The Kier molecular flexibility index (Phi) is 10.8. The maximum absolute atomic E-state index is 13.9. The van der Waals surface area contributed by atoms with Crippen LogP contribution in [0, 0.1) is 6.92 Å². The van der Waals surface area contributed by atoms with Crippen LogP contribution in [-0.4, -0.2) is 51.4 Å². The minimum absolute atomic E-state index is 0.0163. The Morgan fingerprint density at radius 1 is 1.00 bits per heavy atom. The maximum Gasteiger partial charge on any atom is 0.264 e. The number of rotatable bonds is 12. The second-order valence-corrected chi connectivity index (χ2v) is 12.0. The Bertz CT molecular complexity index is 1430. The van der Waals surface area contributed by atoms with Gasteiger partial charge in [0.1, 0.15) is 18.3 Å². The molecule has 0 radical (unpaired) electrons. The van der Waals surface area contributed by atoms with Gasteiger partial charge in [0, 0.05) is 18.1 Å². The summed E-state index contributed by atoms with van der Waals surface area (Å²) in [4.78, 5) is 28.2. The number of methoxy groups -OCH3 is 1. The summed E-state index contributed by atoms with van der Waals surface area (Å²) in [5.74, 6) is -0.305. The predicted molar refractivity (Wildman–Crippen MR) is 158 cm³/mol. The van der Waals surface area contributed by atoms with Gasteiger partial charge in [-0.3, -0.25) is 13.9 Å². The van der Waals surface area contributed by atoms with Crippen molar-refractivity contribution < 1.29 is 22.7 Å². The lowest BCUT2D eigenvalue weighted by Gasteiger charge is -2.32. The van der Waals surface area contributed by atoms with Gasteiger partial charge in [0.05, 0.1) is 22.7 Å². The molecule has 0 unspecified atom stereocenters. The number of carbonyl (C=O) groups is 2. The van der Waals surface area contributed by atoms with Crippen molar-refractivity contribution in [3.63, 3.8) is 0 Å². The fourth-order valence-electron chi connectivity index (χ4n) is 3.93. The molecule has 0 aliphatic heterocycles. The van der Waals surface area contributed by atoms with Crippen LogP contribution in [0.1, 0.15) is 31.4 Å². The number of ether oxygens (including phenoxy) is 1. The van der Waals surface area contributed by atoms with E-state index in [-0.39, 0.29) is 33.1 Å². The lowest BCUT2D eigenvalue weighted by molar-refractivity contribution is -0.139. The molecular weight excluding hydrogens is 573 g/mol. The fourth-order valence-corrected chi connectivity index (χ4v) is 5.79. The van der Waals surface area contributed by atoms with E-state index >= 15 is 0 Å².